The molecule has 1 aromatic heterocycles. The van der Waals surface area contributed by atoms with Crippen LogP contribution in [0.3, 0.4) is 0 Å². The number of nitrogens with zero attached hydrogens (tertiary/aromatic N) is 4. The molecule has 3 heterocycles. The van der Waals surface area contributed by atoms with E-state index in [0.29, 0.717) is 5.41 Å². The second kappa shape index (κ2) is 6.69. The molecule has 2 fully saturated rings. The van der Waals surface area contributed by atoms with Gasteiger partial charge in [0.15, 0.2) is 5.96 Å². The van der Waals surface area contributed by atoms with Crippen LogP contribution in [0.5, 0.6) is 0 Å². The summed E-state index contributed by atoms with van der Waals surface area (Å²) >= 11 is 0. The fourth-order valence-corrected chi connectivity index (χ4v) is 3.45. The minimum atomic E-state index is 0.379. The Bertz CT molecular complexity index is 518. The zero-order valence-corrected chi connectivity index (χ0v) is 13.7. The largest absolute Gasteiger partial charge is 0.381 e. The molecule has 122 valence electrons. The third-order valence-corrected chi connectivity index (χ3v) is 4.74. The zero-order chi connectivity index (χ0) is 15.4. The number of likely N-dealkylation sites (tertiary alicyclic amines) is 1. The van der Waals surface area contributed by atoms with Crippen molar-refractivity contribution in [2.24, 2.45) is 10.4 Å². The highest BCUT2D eigenvalue weighted by Gasteiger charge is 2.42. The third kappa shape index (κ3) is 3.43. The Kier molecular flexibility index (Phi) is 4.66. The number of aryl methyl sites for hydroxylation is 2. The van der Waals surface area contributed by atoms with Gasteiger partial charge in [-0.15, -0.1) is 0 Å². The lowest BCUT2D eigenvalue weighted by molar-refractivity contribution is 0.156. The summed E-state index contributed by atoms with van der Waals surface area (Å²) in [7, 11) is 1.87. The van der Waals surface area contributed by atoms with Gasteiger partial charge in [-0.3, -0.25) is 9.67 Å². The van der Waals surface area contributed by atoms with E-state index in [1.807, 2.05) is 17.9 Å². The Morgan fingerprint density at radius 3 is 3.09 bits per heavy atom. The monoisotopic (exact) mass is 305 g/mol. The Morgan fingerprint density at radius 2 is 2.41 bits per heavy atom. The summed E-state index contributed by atoms with van der Waals surface area (Å²) in [5, 5.41) is 7.80. The summed E-state index contributed by atoms with van der Waals surface area (Å²) in [6, 6.07) is 0. The van der Waals surface area contributed by atoms with E-state index in [1.165, 1.54) is 18.4 Å². The highest BCUT2D eigenvalue weighted by molar-refractivity contribution is 5.80. The first-order chi connectivity index (χ1) is 10.7. The molecule has 0 aromatic carbocycles. The summed E-state index contributed by atoms with van der Waals surface area (Å²) in [5.41, 5.74) is 1.59. The van der Waals surface area contributed by atoms with Crippen molar-refractivity contribution in [3.63, 3.8) is 0 Å². The molecule has 1 spiro atoms. The molecule has 2 aliphatic rings. The molecule has 0 bridgehead atoms. The van der Waals surface area contributed by atoms with E-state index in [4.69, 9.17) is 4.74 Å². The highest BCUT2D eigenvalue weighted by Crippen LogP contribution is 2.38. The average Bonchev–Trinajstić information content (AvgIpc) is 3.23. The normalized spacial score (nSPS) is 25.4. The van der Waals surface area contributed by atoms with Gasteiger partial charge in [0, 0.05) is 51.4 Å². The van der Waals surface area contributed by atoms with Gasteiger partial charge in [-0.1, -0.05) is 0 Å². The first kappa shape index (κ1) is 15.3. The van der Waals surface area contributed by atoms with Gasteiger partial charge in [-0.2, -0.15) is 5.10 Å². The van der Waals surface area contributed by atoms with Crippen LogP contribution in [-0.4, -0.2) is 60.5 Å². The minimum absolute atomic E-state index is 0.379. The van der Waals surface area contributed by atoms with E-state index in [2.05, 4.69) is 33.4 Å². The van der Waals surface area contributed by atoms with Crippen LogP contribution >= 0.6 is 0 Å². The molecular weight excluding hydrogens is 278 g/mol. The van der Waals surface area contributed by atoms with E-state index >= 15 is 0 Å². The Morgan fingerprint density at radius 1 is 1.50 bits per heavy atom. The SMILES string of the molecule is CN=C(NCCCn1cc(C)cn1)N1CCC2(CCOC2)C1. The molecule has 1 atom stereocenters. The molecule has 0 saturated carbocycles. The average molecular weight is 305 g/mol. The molecule has 0 amide bonds. The topological polar surface area (TPSA) is 54.7 Å². The van der Waals surface area contributed by atoms with Gasteiger partial charge < -0.3 is 15.0 Å². The smallest absolute Gasteiger partial charge is 0.193 e. The fourth-order valence-electron chi connectivity index (χ4n) is 3.45. The lowest BCUT2D eigenvalue weighted by Gasteiger charge is -2.24. The summed E-state index contributed by atoms with van der Waals surface area (Å²) in [4.78, 5) is 6.82. The maximum Gasteiger partial charge on any atom is 0.193 e. The van der Waals surface area contributed by atoms with Gasteiger partial charge in [0.25, 0.3) is 0 Å². The second-order valence-corrected chi connectivity index (χ2v) is 6.58. The summed E-state index contributed by atoms with van der Waals surface area (Å²) < 4.78 is 7.60. The first-order valence-electron chi connectivity index (χ1n) is 8.23. The van der Waals surface area contributed by atoms with Crippen LogP contribution in [0.15, 0.2) is 17.4 Å². The van der Waals surface area contributed by atoms with Gasteiger partial charge >= 0.3 is 0 Å². The van der Waals surface area contributed by atoms with E-state index in [0.717, 1.165) is 51.8 Å². The van der Waals surface area contributed by atoms with Gasteiger partial charge in [0.05, 0.1) is 12.8 Å². The van der Waals surface area contributed by atoms with Gasteiger partial charge in [-0.25, -0.2) is 0 Å². The zero-order valence-electron chi connectivity index (χ0n) is 13.7. The van der Waals surface area contributed by atoms with E-state index in [9.17, 15) is 0 Å². The molecule has 0 aliphatic carbocycles. The number of guanidine groups is 1. The van der Waals surface area contributed by atoms with E-state index < -0.39 is 0 Å². The van der Waals surface area contributed by atoms with E-state index in [1.54, 1.807) is 0 Å². The standard InChI is InChI=1S/C16H27N5O/c1-14-10-19-21(11-14)7-3-6-18-15(17-2)20-8-4-16(12-20)5-9-22-13-16/h10-11H,3-9,12-13H2,1-2H3,(H,17,18). The van der Waals surface area contributed by atoms with Crippen molar-refractivity contribution in [2.75, 3.05) is 39.9 Å². The first-order valence-corrected chi connectivity index (χ1v) is 8.23. The summed E-state index contributed by atoms with van der Waals surface area (Å²) in [6.07, 6.45) is 7.44. The molecule has 3 rings (SSSR count). The van der Waals surface area contributed by atoms with Gasteiger partial charge in [-0.05, 0) is 31.7 Å². The molecule has 2 saturated heterocycles. The quantitative estimate of drug-likeness (QED) is 0.517. The molecule has 6 nitrogen and oxygen atoms in total. The van der Waals surface area contributed by atoms with Crippen molar-refractivity contribution < 1.29 is 4.74 Å². The maximum atomic E-state index is 5.60. The Balaban J connectivity index is 1.42. The molecule has 6 heteroatoms. The lowest BCUT2D eigenvalue weighted by Crippen LogP contribution is -2.41. The predicted octanol–water partition coefficient (Wildman–Crippen LogP) is 1.27. The van der Waals surface area contributed by atoms with Crippen molar-refractivity contribution in [3.05, 3.63) is 18.0 Å². The number of ether oxygens (including phenoxy) is 1. The molecule has 22 heavy (non-hydrogen) atoms. The second-order valence-electron chi connectivity index (χ2n) is 6.58. The van der Waals surface area contributed by atoms with Crippen LogP contribution < -0.4 is 5.32 Å². The summed E-state index contributed by atoms with van der Waals surface area (Å²) in [5.74, 6) is 1.03. The predicted molar refractivity (Wildman–Crippen MR) is 87.0 cm³/mol. The van der Waals surface area contributed by atoms with Crippen molar-refractivity contribution in [1.82, 2.24) is 20.0 Å². The van der Waals surface area contributed by atoms with Crippen LogP contribution in [-0.2, 0) is 11.3 Å². The van der Waals surface area contributed by atoms with Crippen LogP contribution in [0.4, 0.5) is 0 Å². The highest BCUT2D eigenvalue weighted by atomic mass is 16.5. The minimum Gasteiger partial charge on any atom is -0.381 e. The number of aliphatic imine (C=N–C) groups is 1. The number of hydrogen-bond acceptors (Lipinski definition) is 3. The summed E-state index contributed by atoms with van der Waals surface area (Å²) in [6.45, 7) is 7.93. The van der Waals surface area contributed by atoms with Crippen molar-refractivity contribution in [1.29, 1.82) is 0 Å². The molecule has 2 aliphatic heterocycles. The van der Waals surface area contributed by atoms with Crippen molar-refractivity contribution in [3.8, 4) is 0 Å². The fraction of sp³-hybridized carbons (Fsp3) is 0.750. The molecular formula is C16H27N5O. The molecule has 0 radical (unpaired) electrons. The molecule has 1 aromatic rings. The van der Waals surface area contributed by atoms with Gasteiger partial charge in [0.1, 0.15) is 0 Å². The van der Waals surface area contributed by atoms with Crippen LogP contribution in [0, 0.1) is 12.3 Å². The molecule has 1 N–H and O–H groups in total. The maximum absolute atomic E-state index is 5.60. The lowest BCUT2D eigenvalue weighted by atomic mass is 9.87. The van der Waals surface area contributed by atoms with Gasteiger partial charge in [0.2, 0.25) is 0 Å². The number of rotatable bonds is 4. The van der Waals surface area contributed by atoms with Crippen LogP contribution in [0.2, 0.25) is 0 Å². The third-order valence-electron chi connectivity index (χ3n) is 4.74. The van der Waals surface area contributed by atoms with Crippen LogP contribution in [0.1, 0.15) is 24.8 Å². The van der Waals surface area contributed by atoms with E-state index in [-0.39, 0.29) is 0 Å². The number of aromatic nitrogens is 2. The van der Waals surface area contributed by atoms with Crippen molar-refractivity contribution in [2.45, 2.75) is 32.7 Å². The number of hydrogen-bond donors (Lipinski definition) is 1. The Labute approximate surface area is 132 Å². The molecule has 1 unspecified atom stereocenters. The van der Waals surface area contributed by atoms with Crippen LogP contribution in [0.25, 0.3) is 0 Å². The van der Waals surface area contributed by atoms with Crippen molar-refractivity contribution >= 4 is 5.96 Å². The Hall–Kier alpha value is -1.56. The number of nitrogens with one attached hydrogen (secondary N) is 1.